The van der Waals surface area contributed by atoms with E-state index in [0.29, 0.717) is 0 Å². The summed E-state index contributed by atoms with van der Waals surface area (Å²) in [6.45, 7) is 9.63. The van der Waals surface area contributed by atoms with Crippen molar-refractivity contribution in [2.45, 2.75) is 39.0 Å². The van der Waals surface area contributed by atoms with E-state index >= 15 is 0 Å². The molecule has 1 aromatic carbocycles. The molecule has 0 atom stereocenters. The van der Waals surface area contributed by atoms with Gasteiger partial charge < -0.3 is 24.8 Å². The van der Waals surface area contributed by atoms with Crippen LogP contribution in [0, 0.1) is 0 Å². The van der Waals surface area contributed by atoms with Gasteiger partial charge in [0, 0.05) is 38.8 Å². The van der Waals surface area contributed by atoms with E-state index in [1.54, 1.807) is 21.3 Å². The van der Waals surface area contributed by atoms with Gasteiger partial charge in [0.2, 0.25) is 0 Å². The summed E-state index contributed by atoms with van der Waals surface area (Å²) in [6, 6.07) is 6.05. The van der Waals surface area contributed by atoms with Crippen LogP contribution in [0.1, 0.15) is 39.2 Å². The lowest BCUT2D eigenvalue weighted by Gasteiger charge is -2.27. The molecule has 0 radical (unpaired) electrons. The molecule has 156 valence electrons. The molecule has 0 saturated heterocycles. The van der Waals surface area contributed by atoms with Crippen LogP contribution in [0.15, 0.2) is 23.2 Å². The van der Waals surface area contributed by atoms with E-state index < -0.39 is 0 Å². The Bertz CT molecular complexity index is 565. The molecule has 1 rings (SSSR count). The van der Waals surface area contributed by atoms with Crippen molar-refractivity contribution in [3.05, 3.63) is 23.8 Å². The van der Waals surface area contributed by atoms with Crippen molar-refractivity contribution in [1.29, 1.82) is 0 Å². The van der Waals surface area contributed by atoms with Crippen molar-refractivity contribution < 1.29 is 14.2 Å². The number of hydrogen-bond donors (Lipinski definition) is 2. The zero-order valence-corrected chi connectivity index (χ0v) is 19.9. The zero-order valence-electron chi connectivity index (χ0n) is 17.6. The predicted molar refractivity (Wildman–Crippen MR) is 123 cm³/mol. The second-order valence-corrected chi connectivity index (χ2v) is 6.71. The van der Waals surface area contributed by atoms with E-state index in [4.69, 9.17) is 14.2 Å². The van der Waals surface area contributed by atoms with Crippen molar-refractivity contribution in [3.8, 4) is 11.5 Å². The number of guanidine groups is 1. The maximum absolute atomic E-state index is 5.42. The van der Waals surface area contributed by atoms with Crippen molar-refractivity contribution >= 4 is 29.9 Å². The summed E-state index contributed by atoms with van der Waals surface area (Å²) in [5.74, 6) is 2.30. The molecule has 0 aliphatic heterocycles. The first-order valence-corrected chi connectivity index (χ1v) is 9.23. The number of ether oxygens (including phenoxy) is 3. The third-order valence-electron chi connectivity index (χ3n) is 4.30. The van der Waals surface area contributed by atoms with Crippen LogP contribution >= 0.6 is 24.0 Å². The fraction of sp³-hybridized carbons (Fsp3) is 0.650. The van der Waals surface area contributed by atoms with Gasteiger partial charge in [-0.25, -0.2) is 0 Å². The van der Waals surface area contributed by atoms with Crippen LogP contribution in [0.25, 0.3) is 0 Å². The second kappa shape index (κ2) is 13.9. The maximum Gasteiger partial charge on any atom is 0.191 e. The third-order valence-corrected chi connectivity index (χ3v) is 4.30. The molecule has 0 heterocycles. The highest BCUT2D eigenvalue weighted by Gasteiger charge is 2.22. The monoisotopic (exact) mass is 493 g/mol. The van der Waals surface area contributed by atoms with E-state index in [1.165, 1.54) is 5.56 Å². The molecule has 0 amide bonds. The second-order valence-electron chi connectivity index (χ2n) is 6.71. The Morgan fingerprint density at radius 3 is 2.37 bits per heavy atom. The van der Waals surface area contributed by atoms with Crippen LogP contribution in [0.5, 0.6) is 11.5 Å². The fourth-order valence-electron chi connectivity index (χ4n) is 2.56. The molecule has 0 saturated carbocycles. The minimum atomic E-state index is -0.0911. The number of aliphatic imine (C=N–C) groups is 1. The Kier molecular flexibility index (Phi) is 13.2. The highest BCUT2D eigenvalue weighted by Crippen LogP contribution is 2.32. The first kappa shape index (κ1) is 25.8. The molecule has 6 nitrogen and oxygen atoms in total. The zero-order chi connectivity index (χ0) is 19.4. The fourth-order valence-corrected chi connectivity index (χ4v) is 2.56. The van der Waals surface area contributed by atoms with Crippen LogP contribution in [0.4, 0.5) is 0 Å². The molecule has 27 heavy (non-hydrogen) atoms. The summed E-state index contributed by atoms with van der Waals surface area (Å²) in [6.07, 6.45) is 2.11. The van der Waals surface area contributed by atoms with Crippen LogP contribution < -0.4 is 20.1 Å². The molecule has 7 heteroatoms. The number of halogens is 1. The van der Waals surface area contributed by atoms with Crippen LogP contribution in [0.2, 0.25) is 0 Å². The lowest BCUT2D eigenvalue weighted by molar-refractivity contribution is 0.143. The molecule has 0 bridgehead atoms. The molecule has 0 aliphatic carbocycles. The highest BCUT2D eigenvalue weighted by atomic mass is 127. The minimum absolute atomic E-state index is 0. The SMILES string of the molecule is CCOCCCCNC(=NC)NCC(C)(C)c1ccc(OC)c(OC)c1.I. The van der Waals surface area contributed by atoms with E-state index in [9.17, 15) is 0 Å². The first-order chi connectivity index (χ1) is 12.5. The first-order valence-electron chi connectivity index (χ1n) is 9.23. The average molecular weight is 493 g/mol. The van der Waals surface area contributed by atoms with Crippen molar-refractivity contribution in [2.24, 2.45) is 4.99 Å². The van der Waals surface area contributed by atoms with Gasteiger partial charge in [0.1, 0.15) is 0 Å². The van der Waals surface area contributed by atoms with Gasteiger partial charge >= 0.3 is 0 Å². The summed E-state index contributed by atoms with van der Waals surface area (Å²) in [5, 5.41) is 6.76. The van der Waals surface area contributed by atoms with E-state index in [2.05, 4.69) is 35.5 Å². The van der Waals surface area contributed by atoms with Gasteiger partial charge in [-0.05, 0) is 37.5 Å². The normalized spacial score (nSPS) is 11.6. The van der Waals surface area contributed by atoms with Crippen LogP contribution in [-0.4, -0.2) is 53.5 Å². The number of rotatable bonds is 11. The van der Waals surface area contributed by atoms with Crippen molar-refractivity contribution in [2.75, 3.05) is 47.6 Å². The van der Waals surface area contributed by atoms with Crippen LogP contribution in [-0.2, 0) is 10.2 Å². The van der Waals surface area contributed by atoms with Gasteiger partial charge in [-0.1, -0.05) is 19.9 Å². The minimum Gasteiger partial charge on any atom is -0.493 e. The topological polar surface area (TPSA) is 64.1 Å². The smallest absolute Gasteiger partial charge is 0.191 e. The van der Waals surface area contributed by atoms with Crippen molar-refractivity contribution in [1.82, 2.24) is 10.6 Å². The Morgan fingerprint density at radius 2 is 1.78 bits per heavy atom. The number of hydrogen-bond acceptors (Lipinski definition) is 4. The molecule has 1 aromatic rings. The van der Waals surface area contributed by atoms with Crippen molar-refractivity contribution in [3.63, 3.8) is 0 Å². The summed E-state index contributed by atoms with van der Waals surface area (Å²) in [7, 11) is 5.09. The summed E-state index contributed by atoms with van der Waals surface area (Å²) in [4.78, 5) is 4.30. The summed E-state index contributed by atoms with van der Waals surface area (Å²) < 4.78 is 16.1. The summed E-state index contributed by atoms with van der Waals surface area (Å²) in [5.41, 5.74) is 1.08. The van der Waals surface area contributed by atoms with Gasteiger partial charge in [0.25, 0.3) is 0 Å². The maximum atomic E-state index is 5.42. The molecular weight excluding hydrogens is 457 g/mol. The lowest BCUT2D eigenvalue weighted by atomic mass is 9.84. The average Bonchev–Trinajstić information content (AvgIpc) is 2.66. The lowest BCUT2D eigenvalue weighted by Crippen LogP contribution is -2.43. The molecule has 0 spiro atoms. The third kappa shape index (κ3) is 9.01. The number of benzene rings is 1. The number of methoxy groups -OCH3 is 2. The molecule has 2 N–H and O–H groups in total. The van der Waals surface area contributed by atoms with Gasteiger partial charge in [0.15, 0.2) is 17.5 Å². The Labute approximate surface area is 181 Å². The van der Waals surface area contributed by atoms with E-state index in [0.717, 1.165) is 56.6 Å². The van der Waals surface area contributed by atoms with E-state index in [1.807, 2.05) is 19.1 Å². The molecular formula is C20H36IN3O3. The standard InChI is InChI=1S/C20H35N3O3.HI/c1-7-26-13-9-8-12-22-19(21-4)23-15-20(2,3)16-10-11-17(24-5)18(14-16)25-6;/h10-11,14H,7-9,12-13,15H2,1-6H3,(H2,21,22,23);1H. The quantitative estimate of drug-likeness (QED) is 0.214. The van der Waals surface area contributed by atoms with Gasteiger partial charge in [-0.2, -0.15) is 0 Å². The summed E-state index contributed by atoms with van der Waals surface area (Å²) >= 11 is 0. The van der Waals surface area contributed by atoms with Gasteiger partial charge in [-0.3, -0.25) is 4.99 Å². The number of unbranched alkanes of at least 4 members (excludes halogenated alkanes) is 1. The van der Waals surface area contributed by atoms with Gasteiger partial charge in [-0.15, -0.1) is 24.0 Å². The molecule has 0 fully saturated rings. The van der Waals surface area contributed by atoms with Crippen LogP contribution in [0.3, 0.4) is 0 Å². The predicted octanol–water partition coefficient (Wildman–Crippen LogP) is 3.58. The Hall–Kier alpha value is -1.22. The largest absolute Gasteiger partial charge is 0.493 e. The number of nitrogens with one attached hydrogen (secondary N) is 2. The van der Waals surface area contributed by atoms with Gasteiger partial charge in [0.05, 0.1) is 14.2 Å². The van der Waals surface area contributed by atoms with E-state index in [-0.39, 0.29) is 29.4 Å². The Balaban J connectivity index is 0.00000676. The highest BCUT2D eigenvalue weighted by molar-refractivity contribution is 14.0. The number of nitrogens with zero attached hydrogens (tertiary/aromatic N) is 1. The molecule has 0 aromatic heterocycles. The molecule has 0 unspecified atom stereocenters. The Morgan fingerprint density at radius 1 is 1.07 bits per heavy atom. The molecule has 0 aliphatic rings.